The number of quaternary nitrogens is 1. The van der Waals surface area contributed by atoms with Crippen molar-refractivity contribution in [1.82, 2.24) is 0 Å². The average molecular weight is 196 g/mol. The van der Waals surface area contributed by atoms with Crippen LogP contribution in [0.15, 0.2) is 0 Å². The zero-order valence-electron chi connectivity index (χ0n) is 9.46. The summed E-state index contributed by atoms with van der Waals surface area (Å²) in [5.74, 6) is 0.520. The fourth-order valence-electron chi connectivity index (χ4n) is 3.54. The summed E-state index contributed by atoms with van der Waals surface area (Å²) in [6.45, 7) is 5.56. The lowest BCUT2D eigenvalue weighted by molar-refractivity contribution is -0.891. The topological polar surface area (TPSA) is 17.1 Å². The van der Waals surface area contributed by atoms with E-state index in [2.05, 4.69) is 13.8 Å². The molecule has 1 atom stereocenters. The first-order valence-electron chi connectivity index (χ1n) is 6.09. The summed E-state index contributed by atoms with van der Waals surface area (Å²) in [6.07, 6.45) is 7.19. The van der Waals surface area contributed by atoms with Crippen molar-refractivity contribution in [2.24, 2.45) is 0 Å². The van der Waals surface area contributed by atoms with E-state index in [0.29, 0.717) is 18.0 Å². The molecule has 2 aliphatic rings. The van der Waals surface area contributed by atoms with E-state index in [4.69, 9.17) is 0 Å². The predicted molar refractivity (Wildman–Crippen MR) is 56.8 cm³/mol. The highest BCUT2D eigenvalue weighted by molar-refractivity contribution is 5.71. The summed E-state index contributed by atoms with van der Waals surface area (Å²) in [5, 5.41) is 0. The summed E-state index contributed by atoms with van der Waals surface area (Å²) in [4.78, 5) is 12.1. The predicted octanol–water partition coefficient (Wildman–Crippen LogP) is 2.47. The van der Waals surface area contributed by atoms with Crippen LogP contribution in [0.1, 0.15) is 52.4 Å². The molecule has 14 heavy (non-hydrogen) atoms. The second-order valence-electron chi connectivity index (χ2n) is 5.18. The van der Waals surface area contributed by atoms with Crippen molar-refractivity contribution < 1.29 is 9.28 Å². The fourth-order valence-corrected chi connectivity index (χ4v) is 3.54. The van der Waals surface area contributed by atoms with Crippen LogP contribution in [-0.4, -0.2) is 29.0 Å². The van der Waals surface area contributed by atoms with Crippen LogP contribution in [0.2, 0.25) is 0 Å². The normalized spacial score (nSPS) is 34.6. The highest BCUT2D eigenvalue weighted by Gasteiger charge is 2.50. The average Bonchev–Trinajstić information content (AvgIpc) is 2.72. The summed E-state index contributed by atoms with van der Waals surface area (Å²) < 4.78 is 0.819. The molecule has 0 aromatic heterocycles. The molecule has 2 fully saturated rings. The Bertz CT molecular complexity index is 230. The van der Waals surface area contributed by atoms with Crippen LogP contribution in [0.3, 0.4) is 0 Å². The minimum atomic E-state index is 0.494. The van der Waals surface area contributed by atoms with Gasteiger partial charge in [-0.1, -0.05) is 0 Å². The molecule has 1 aliphatic carbocycles. The number of hydrogen-bond donors (Lipinski definition) is 0. The first-order chi connectivity index (χ1) is 6.68. The molecule has 0 aromatic rings. The largest absolute Gasteiger partial charge is 0.314 e. The minimum absolute atomic E-state index is 0.494. The quantitative estimate of drug-likeness (QED) is 0.620. The molecule has 0 bridgehead atoms. The van der Waals surface area contributed by atoms with Gasteiger partial charge in [0.2, 0.25) is 0 Å². The number of amides is 1. The Morgan fingerprint density at radius 1 is 1.21 bits per heavy atom. The molecule has 0 N–H and O–H groups in total. The first-order valence-corrected chi connectivity index (χ1v) is 6.09. The molecule has 0 radical (unpaired) electrons. The van der Waals surface area contributed by atoms with E-state index in [-0.39, 0.29) is 0 Å². The fraction of sp³-hybridized carbons (Fsp3) is 0.917. The van der Waals surface area contributed by atoms with E-state index in [1.54, 1.807) is 0 Å². The van der Waals surface area contributed by atoms with Gasteiger partial charge in [0, 0.05) is 6.42 Å². The van der Waals surface area contributed by atoms with Gasteiger partial charge in [0.25, 0.3) is 0 Å². The van der Waals surface area contributed by atoms with Gasteiger partial charge in [0.05, 0.1) is 25.0 Å². The smallest absolute Gasteiger partial charge is 0.256 e. The Labute approximate surface area is 86.9 Å². The van der Waals surface area contributed by atoms with E-state index < -0.39 is 0 Å². The summed E-state index contributed by atoms with van der Waals surface area (Å²) in [7, 11) is 0. The molecule has 1 heterocycles. The molecular weight excluding hydrogens is 174 g/mol. The van der Waals surface area contributed by atoms with Gasteiger partial charge < -0.3 is 0 Å². The second-order valence-corrected chi connectivity index (χ2v) is 5.18. The zero-order chi connectivity index (χ0) is 10.2. The first kappa shape index (κ1) is 10.2. The zero-order valence-corrected chi connectivity index (χ0v) is 9.46. The maximum absolute atomic E-state index is 12.1. The van der Waals surface area contributed by atoms with E-state index in [9.17, 15) is 4.79 Å². The van der Waals surface area contributed by atoms with Crippen molar-refractivity contribution in [3.63, 3.8) is 0 Å². The van der Waals surface area contributed by atoms with E-state index >= 15 is 0 Å². The number of carbonyl (C=O) groups is 1. The Morgan fingerprint density at radius 3 is 2.29 bits per heavy atom. The van der Waals surface area contributed by atoms with Gasteiger partial charge in [-0.2, -0.15) is 0 Å². The van der Waals surface area contributed by atoms with Crippen LogP contribution >= 0.6 is 0 Å². The summed E-state index contributed by atoms with van der Waals surface area (Å²) in [5.41, 5.74) is 0. The SMILES string of the molecule is CC(C)[N+]1(C2CCCC2)CCCC1=O. The molecule has 80 valence electrons. The van der Waals surface area contributed by atoms with Gasteiger partial charge in [-0.15, -0.1) is 0 Å². The molecular formula is C12H22NO+. The third kappa shape index (κ3) is 1.31. The molecule has 1 unspecified atom stereocenters. The second kappa shape index (κ2) is 3.65. The lowest BCUT2D eigenvalue weighted by Crippen LogP contribution is -2.59. The molecule has 2 rings (SSSR count). The van der Waals surface area contributed by atoms with E-state index in [1.807, 2.05) is 0 Å². The monoisotopic (exact) mass is 196 g/mol. The van der Waals surface area contributed by atoms with Gasteiger partial charge in [0.15, 0.2) is 0 Å². The minimum Gasteiger partial charge on any atom is -0.256 e. The van der Waals surface area contributed by atoms with Crippen molar-refractivity contribution in [1.29, 1.82) is 0 Å². The third-order valence-electron chi connectivity index (χ3n) is 4.28. The lowest BCUT2D eigenvalue weighted by Gasteiger charge is -2.41. The van der Waals surface area contributed by atoms with E-state index in [0.717, 1.165) is 23.9 Å². The highest BCUT2D eigenvalue weighted by Crippen LogP contribution is 2.36. The van der Waals surface area contributed by atoms with Crippen molar-refractivity contribution in [3.05, 3.63) is 0 Å². The van der Waals surface area contributed by atoms with Crippen LogP contribution in [0.25, 0.3) is 0 Å². The Hall–Kier alpha value is -0.370. The summed E-state index contributed by atoms with van der Waals surface area (Å²) in [6, 6.07) is 1.15. The van der Waals surface area contributed by atoms with Crippen molar-refractivity contribution in [3.8, 4) is 0 Å². The van der Waals surface area contributed by atoms with Crippen LogP contribution < -0.4 is 0 Å². The number of nitrogens with zero attached hydrogens (tertiary/aromatic N) is 1. The summed E-state index contributed by atoms with van der Waals surface area (Å²) >= 11 is 0. The van der Waals surface area contributed by atoms with Crippen molar-refractivity contribution in [2.45, 2.75) is 64.5 Å². The Balaban J connectivity index is 2.25. The van der Waals surface area contributed by atoms with Gasteiger partial charge in [-0.05, 0) is 39.5 Å². The highest BCUT2D eigenvalue weighted by atomic mass is 16.2. The van der Waals surface area contributed by atoms with Gasteiger partial charge in [0.1, 0.15) is 0 Å². The molecule has 2 nitrogen and oxygen atoms in total. The van der Waals surface area contributed by atoms with Crippen molar-refractivity contribution in [2.75, 3.05) is 6.54 Å². The molecule has 1 amide bonds. The Morgan fingerprint density at radius 2 is 1.86 bits per heavy atom. The Kier molecular flexibility index (Phi) is 2.65. The van der Waals surface area contributed by atoms with Crippen molar-refractivity contribution >= 4 is 5.91 Å². The molecule has 1 saturated heterocycles. The van der Waals surface area contributed by atoms with Gasteiger partial charge in [-0.3, -0.25) is 4.48 Å². The molecule has 2 heteroatoms. The lowest BCUT2D eigenvalue weighted by atomic mass is 10.1. The van der Waals surface area contributed by atoms with Crippen LogP contribution in [0.5, 0.6) is 0 Å². The van der Waals surface area contributed by atoms with Crippen LogP contribution in [0, 0.1) is 0 Å². The number of rotatable bonds is 2. The van der Waals surface area contributed by atoms with Crippen LogP contribution in [-0.2, 0) is 4.79 Å². The standard InChI is InChI=1S/C12H22NO/c1-10(2)13(9-5-8-12(13)14)11-6-3-4-7-11/h10-11H,3-9H2,1-2H3/q+1. The molecule has 0 aromatic carbocycles. The van der Waals surface area contributed by atoms with Crippen LogP contribution in [0.4, 0.5) is 0 Å². The molecule has 0 spiro atoms. The maximum Gasteiger partial charge on any atom is 0.314 e. The number of hydrogen-bond acceptors (Lipinski definition) is 1. The van der Waals surface area contributed by atoms with Gasteiger partial charge >= 0.3 is 5.91 Å². The number of likely N-dealkylation sites (tertiary alicyclic amines) is 1. The third-order valence-corrected chi connectivity index (χ3v) is 4.28. The van der Waals surface area contributed by atoms with Gasteiger partial charge in [-0.25, -0.2) is 4.79 Å². The molecule has 1 saturated carbocycles. The number of carbonyl (C=O) groups excluding carboxylic acids is 1. The molecule has 1 aliphatic heterocycles. The maximum atomic E-state index is 12.1. The van der Waals surface area contributed by atoms with E-state index in [1.165, 1.54) is 25.7 Å².